The fourth-order valence-corrected chi connectivity index (χ4v) is 2.57. The third kappa shape index (κ3) is 4.16. The molecular weight excluding hydrogens is 240 g/mol. The summed E-state index contributed by atoms with van der Waals surface area (Å²) in [6.45, 7) is 2.22. The number of rotatable bonds is 5. The van der Waals surface area contributed by atoms with E-state index in [2.05, 4.69) is 12.2 Å². The van der Waals surface area contributed by atoms with E-state index < -0.39 is 5.91 Å². The largest absolute Gasteiger partial charge is 0.484 e. The van der Waals surface area contributed by atoms with Crippen LogP contribution in [0.3, 0.4) is 0 Å². The molecule has 2 atom stereocenters. The second-order valence-electron chi connectivity index (χ2n) is 5.30. The number of nitrogens with two attached hydrogens (primary N) is 1. The Morgan fingerprint density at radius 3 is 2.95 bits per heavy atom. The number of anilines is 1. The van der Waals surface area contributed by atoms with Gasteiger partial charge in [-0.1, -0.05) is 25.8 Å². The van der Waals surface area contributed by atoms with Gasteiger partial charge in [-0.3, -0.25) is 4.79 Å². The van der Waals surface area contributed by atoms with Gasteiger partial charge < -0.3 is 15.8 Å². The summed E-state index contributed by atoms with van der Waals surface area (Å²) in [6, 6.07) is 8.23. The maximum Gasteiger partial charge on any atom is 0.255 e. The second kappa shape index (κ2) is 6.45. The van der Waals surface area contributed by atoms with E-state index in [4.69, 9.17) is 10.5 Å². The molecule has 1 aromatic rings. The molecule has 19 heavy (non-hydrogen) atoms. The van der Waals surface area contributed by atoms with Crippen LogP contribution < -0.4 is 15.8 Å². The quantitative estimate of drug-likeness (QED) is 0.857. The molecule has 1 amide bonds. The fraction of sp³-hybridized carbons (Fsp3) is 0.533. The van der Waals surface area contributed by atoms with Gasteiger partial charge in [0.25, 0.3) is 5.91 Å². The molecule has 2 rings (SSSR count). The molecule has 4 heteroatoms. The van der Waals surface area contributed by atoms with E-state index in [1.807, 2.05) is 24.3 Å². The van der Waals surface area contributed by atoms with Crippen molar-refractivity contribution in [1.82, 2.24) is 0 Å². The zero-order valence-electron chi connectivity index (χ0n) is 11.4. The molecular formula is C15H22N2O2. The van der Waals surface area contributed by atoms with Crippen LogP contribution in [0.2, 0.25) is 0 Å². The molecule has 1 aliphatic carbocycles. The van der Waals surface area contributed by atoms with Gasteiger partial charge in [-0.15, -0.1) is 0 Å². The molecule has 0 radical (unpaired) electrons. The molecule has 1 fully saturated rings. The molecule has 1 saturated carbocycles. The lowest BCUT2D eigenvalue weighted by molar-refractivity contribution is -0.119. The standard InChI is InChI=1S/C15H22N2O2/c1-11-5-2-3-8-14(11)17-12-6-4-7-13(9-12)19-10-15(16)18/h4,6-7,9,11,14,17H,2-3,5,8,10H2,1H3,(H2,16,18). The van der Waals surface area contributed by atoms with E-state index in [0.29, 0.717) is 17.7 Å². The number of carbonyl (C=O) groups is 1. The normalized spacial score (nSPS) is 22.8. The SMILES string of the molecule is CC1CCCCC1Nc1cccc(OCC(N)=O)c1. The monoisotopic (exact) mass is 262 g/mol. The zero-order valence-corrected chi connectivity index (χ0v) is 11.4. The number of hydrogen-bond acceptors (Lipinski definition) is 3. The Bertz CT molecular complexity index is 434. The average Bonchev–Trinajstić information content (AvgIpc) is 2.40. The van der Waals surface area contributed by atoms with Crippen molar-refractivity contribution in [2.45, 2.75) is 38.6 Å². The van der Waals surface area contributed by atoms with Crippen LogP contribution >= 0.6 is 0 Å². The molecule has 0 bridgehead atoms. The van der Waals surface area contributed by atoms with Crippen LogP contribution in [-0.2, 0) is 4.79 Å². The molecule has 4 nitrogen and oxygen atoms in total. The average molecular weight is 262 g/mol. The van der Waals surface area contributed by atoms with Gasteiger partial charge in [0.1, 0.15) is 5.75 Å². The van der Waals surface area contributed by atoms with Crippen LogP contribution in [0.15, 0.2) is 24.3 Å². The van der Waals surface area contributed by atoms with Gasteiger partial charge in [0.2, 0.25) is 0 Å². The van der Waals surface area contributed by atoms with E-state index >= 15 is 0 Å². The minimum atomic E-state index is -0.459. The summed E-state index contributed by atoms with van der Waals surface area (Å²) in [5.74, 6) is 0.912. The third-order valence-corrected chi connectivity index (χ3v) is 3.68. The minimum absolute atomic E-state index is 0.0801. The highest BCUT2D eigenvalue weighted by molar-refractivity contribution is 5.75. The number of carbonyl (C=O) groups excluding carboxylic acids is 1. The Morgan fingerprint density at radius 1 is 1.42 bits per heavy atom. The number of ether oxygens (including phenoxy) is 1. The van der Waals surface area contributed by atoms with Crippen molar-refractivity contribution in [3.05, 3.63) is 24.3 Å². The smallest absolute Gasteiger partial charge is 0.255 e. The van der Waals surface area contributed by atoms with E-state index in [1.54, 1.807) is 0 Å². The first kappa shape index (κ1) is 13.7. The van der Waals surface area contributed by atoms with Crippen molar-refractivity contribution < 1.29 is 9.53 Å². The molecule has 1 aromatic carbocycles. The van der Waals surface area contributed by atoms with Gasteiger partial charge in [-0.2, -0.15) is 0 Å². The number of benzene rings is 1. The molecule has 0 heterocycles. The van der Waals surface area contributed by atoms with Gasteiger partial charge in [0, 0.05) is 17.8 Å². The molecule has 0 aliphatic heterocycles. The minimum Gasteiger partial charge on any atom is -0.484 e. The Labute approximate surface area is 114 Å². The van der Waals surface area contributed by atoms with E-state index in [-0.39, 0.29) is 6.61 Å². The first-order chi connectivity index (χ1) is 9.15. The Balaban J connectivity index is 1.96. The predicted molar refractivity (Wildman–Crippen MR) is 76.2 cm³/mol. The summed E-state index contributed by atoms with van der Waals surface area (Å²) in [7, 11) is 0. The lowest BCUT2D eigenvalue weighted by Crippen LogP contribution is -2.30. The zero-order chi connectivity index (χ0) is 13.7. The van der Waals surface area contributed by atoms with Crippen LogP contribution in [0.4, 0.5) is 5.69 Å². The lowest BCUT2D eigenvalue weighted by atomic mass is 9.86. The highest BCUT2D eigenvalue weighted by Gasteiger charge is 2.20. The first-order valence-electron chi connectivity index (χ1n) is 6.93. The van der Waals surface area contributed by atoms with Gasteiger partial charge in [0.15, 0.2) is 6.61 Å². The number of primary amides is 1. The number of hydrogen-bond donors (Lipinski definition) is 2. The lowest BCUT2D eigenvalue weighted by Gasteiger charge is -2.30. The van der Waals surface area contributed by atoms with Crippen molar-refractivity contribution in [3.8, 4) is 5.75 Å². The second-order valence-corrected chi connectivity index (χ2v) is 5.30. The number of amides is 1. The molecule has 1 aliphatic rings. The molecule has 3 N–H and O–H groups in total. The highest BCUT2D eigenvalue weighted by Crippen LogP contribution is 2.27. The number of nitrogens with one attached hydrogen (secondary N) is 1. The van der Waals surface area contributed by atoms with Crippen LogP contribution in [-0.4, -0.2) is 18.6 Å². The third-order valence-electron chi connectivity index (χ3n) is 3.68. The molecule has 0 saturated heterocycles. The van der Waals surface area contributed by atoms with Crippen molar-refractivity contribution in [2.24, 2.45) is 11.7 Å². The van der Waals surface area contributed by atoms with E-state index in [9.17, 15) is 4.79 Å². The summed E-state index contributed by atoms with van der Waals surface area (Å²) in [5, 5.41) is 3.56. The maximum atomic E-state index is 10.7. The van der Waals surface area contributed by atoms with Crippen LogP contribution in [0.1, 0.15) is 32.6 Å². The molecule has 104 valence electrons. The summed E-state index contributed by atoms with van der Waals surface area (Å²) in [4.78, 5) is 10.7. The topological polar surface area (TPSA) is 64.3 Å². The molecule has 0 aromatic heterocycles. The highest BCUT2D eigenvalue weighted by atomic mass is 16.5. The predicted octanol–water partition coefficient (Wildman–Crippen LogP) is 2.54. The van der Waals surface area contributed by atoms with Crippen molar-refractivity contribution in [2.75, 3.05) is 11.9 Å². The Morgan fingerprint density at radius 2 is 2.21 bits per heavy atom. The van der Waals surface area contributed by atoms with Gasteiger partial charge in [-0.25, -0.2) is 0 Å². The van der Waals surface area contributed by atoms with Crippen LogP contribution in [0.5, 0.6) is 5.75 Å². The van der Waals surface area contributed by atoms with E-state index in [1.165, 1.54) is 25.7 Å². The Kier molecular flexibility index (Phi) is 4.66. The summed E-state index contributed by atoms with van der Waals surface area (Å²) < 4.78 is 5.31. The summed E-state index contributed by atoms with van der Waals surface area (Å²) in [5.41, 5.74) is 6.11. The van der Waals surface area contributed by atoms with Gasteiger partial charge in [0.05, 0.1) is 0 Å². The van der Waals surface area contributed by atoms with E-state index in [0.717, 1.165) is 5.69 Å². The van der Waals surface area contributed by atoms with Crippen LogP contribution in [0, 0.1) is 5.92 Å². The van der Waals surface area contributed by atoms with Crippen molar-refractivity contribution in [1.29, 1.82) is 0 Å². The first-order valence-corrected chi connectivity index (χ1v) is 6.93. The van der Waals surface area contributed by atoms with Gasteiger partial charge >= 0.3 is 0 Å². The van der Waals surface area contributed by atoms with Crippen LogP contribution in [0.25, 0.3) is 0 Å². The molecule has 2 unspecified atom stereocenters. The summed E-state index contributed by atoms with van der Waals surface area (Å²) >= 11 is 0. The maximum absolute atomic E-state index is 10.7. The van der Waals surface area contributed by atoms with Crippen molar-refractivity contribution >= 4 is 11.6 Å². The molecule has 0 spiro atoms. The van der Waals surface area contributed by atoms with Gasteiger partial charge in [-0.05, 0) is 30.9 Å². The fourth-order valence-electron chi connectivity index (χ4n) is 2.57. The Hall–Kier alpha value is -1.71. The summed E-state index contributed by atoms with van der Waals surface area (Å²) in [6.07, 6.45) is 5.13. The van der Waals surface area contributed by atoms with Crippen molar-refractivity contribution in [3.63, 3.8) is 0 Å².